The van der Waals surface area contributed by atoms with Crippen molar-refractivity contribution in [3.8, 4) is 0 Å². The normalized spacial score (nSPS) is 20.3. The van der Waals surface area contributed by atoms with Gasteiger partial charge < -0.3 is 4.74 Å². The topological polar surface area (TPSA) is 41.9 Å². The molecule has 4 rings (SSSR count). The van der Waals surface area contributed by atoms with Gasteiger partial charge in [-0.1, -0.05) is 96.2 Å². The summed E-state index contributed by atoms with van der Waals surface area (Å²) in [6.45, 7) is 1.49. The SMILES string of the molecule is O=NCC1CN(C(c2ccccc2)(c2ccccc2)c2ccccc2)CC(P)O1. The Labute approximate surface area is 174 Å². The lowest BCUT2D eigenvalue weighted by Crippen LogP contribution is -2.57. The van der Waals surface area contributed by atoms with Crippen molar-refractivity contribution >= 4 is 9.24 Å². The van der Waals surface area contributed by atoms with E-state index in [0.717, 1.165) is 6.54 Å². The summed E-state index contributed by atoms with van der Waals surface area (Å²) in [6, 6.07) is 31.7. The van der Waals surface area contributed by atoms with E-state index in [1.54, 1.807) is 0 Å². The monoisotopic (exact) mass is 404 g/mol. The average Bonchev–Trinajstić information content (AvgIpc) is 2.77. The van der Waals surface area contributed by atoms with Crippen LogP contribution in [0.1, 0.15) is 16.7 Å². The van der Waals surface area contributed by atoms with Crippen molar-refractivity contribution in [1.29, 1.82) is 0 Å². The molecule has 0 spiro atoms. The van der Waals surface area contributed by atoms with Gasteiger partial charge >= 0.3 is 0 Å². The van der Waals surface area contributed by atoms with Crippen molar-refractivity contribution in [3.63, 3.8) is 0 Å². The molecule has 1 fully saturated rings. The van der Waals surface area contributed by atoms with Crippen molar-refractivity contribution < 1.29 is 4.74 Å². The number of nitrogens with zero attached hydrogens (tertiary/aromatic N) is 2. The molecule has 4 nitrogen and oxygen atoms in total. The molecule has 3 atom stereocenters. The maximum absolute atomic E-state index is 11.0. The summed E-state index contributed by atoms with van der Waals surface area (Å²) in [7, 11) is 2.77. The third-order valence-corrected chi connectivity index (χ3v) is 5.89. The Morgan fingerprint density at radius 3 is 1.69 bits per heavy atom. The van der Waals surface area contributed by atoms with Gasteiger partial charge in [0.25, 0.3) is 0 Å². The summed E-state index contributed by atoms with van der Waals surface area (Å²) in [4.78, 5) is 13.4. The molecule has 0 radical (unpaired) electrons. The summed E-state index contributed by atoms with van der Waals surface area (Å²) in [5, 5.41) is 3.12. The zero-order valence-electron chi connectivity index (χ0n) is 16.2. The minimum absolute atomic E-state index is 0.0778. The molecule has 1 aliphatic heterocycles. The minimum Gasteiger partial charge on any atom is -0.366 e. The van der Waals surface area contributed by atoms with Gasteiger partial charge in [-0.05, 0) is 16.7 Å². The molecule has 0 aromatic heterocycles. The fraction of sp³-hybridized carbons (Fsp3) is 0.250. The smallest absolute Gasteiger partial charge is 0.109 e. The van der Waals surface area contributed by atoms with Gasteiger partial charge in [0.05, 0.1) is 17.5 Å². The van der Waals surface area contributed by atoms with E-state index in [0.29, 0.717) is 6.54 Å². The van der Waals surface area contributed by atoms with Crippen LogP contribution < -0.4 is 0 Å². The molecule has 29 heavy (non-hydrogen) atoms. The van der Waals surface area contributed by atoms with Crippen LogP contribution in [0.25, 0.3) is 0 Å². The van der Waals surface area contributed by atoms with Crippen LogP contribution >= 0.6 is 9.24 Å². The number of hydrogen-bond donors (Lipinski definition) is 0. The third kappa shape index (κ3) is 3.89. The van der Waals surface area contributed by atoms with Gasteiger partial charge in [-0.3, -0.25) is 4.90 Å². The van der Waals surface area contributed by atoms with E-state index in [1.807, 2.05) is 18.2 Å². The van der Waals surface area contributed by atoms with Crippen LogP contribution in [0.15, 0.2) is 96.2 Å². The van der Waals surface area contributed by atoms with E-state index in [4.69, 9.17) is 4.74 Å². The number of hydrogen-bond acceptors (Lipinski definition) is 4. The average molecular weight is 404 g/mol. The molecule has 1 heterocycles. The summed E-state index contributed by atoms with van der Waals surface area (Å²) in [6.07, 6.45) is -0.237. The van der Waals surface area contributed by atoms with Gasteiger partial charge in [-0.2, -0.15) is 4.91 Å². The van der Waals surface area contributed by atoms with E-state index in [9.17, 15) is 4.91 Å². The third-order valence-electron chi connectivity index (χ3n) is 5.52. The van der Waals surface area contributed by atoms with Gasteiger partial charge in [0.2, 0.25) is 0 Å². The number of nitroso groups, excluding NO2 is 1. The van der Waals surface area contributed by atoms with Gasteiger partial charge in [0, 0.05) is 13.1 Å². The number of ether oxygens (including phenoxy) is 1. The van der Waals surface area contributed by atoms with Crippen molar-refractivity contribution in [2.24, 2.45) is 5.18 Å². The Morgan fingerprint density at radius 2 is 1.28 bits per heavy atom. The second-order valence-corrected chi connectivity index (χ2v) is 8.07. The molecule has 3 aromatic rings. The van der Waals surface area contributed by atoms with Crippen molar-refractivity contribution in [3.05, 3.63) is 113 Å². The van der Waals surface area contributed by atoms with Crippen LogP contribution in [0.5, 0.6) is 0 Å². The van der Waals surface area contributed by atoms with E-state index in [2.05, 4.69) is 92.1 Å². The number of benzene rings is 3. The van der Waals surface area contributed by atoms with Gasteiger partial charge in [-0.25, -0.2) is 0 Å². The van der Waals surface area contributed by atoms with Crippen LogP contribution in [-0.2, 0) is 10.3 Å². The maximum atomic E-state index is 11.0. The van der Waals surface area contributed by atoms with E-state index in [1.165, 1.54) is 16.7 Å². The Kier molecular flexibility index (Phi) is 6.15. The van der Waals surface area contributed by atoms with Crippen LogP contribution in [-0.4, -0.2) is 36.5 Å². The Bertz CT molecular complexity index is 825. The standard InChI is InChI=1S/C24H25N2O2P/c27-25-16-22-17-26(18-23(29)28-22)24(19-10-4-1-5-11-19,20-12-6-2-7-13-20)21-14-8-3-9-15-21/h1-15,22-23H,16-18,29H2. The highest BCUT2D eigenvalue weighted by atomic mass is 31.0. The molecule has 3 unspecified atom stereocenters. The van der Waals surface area contributed by atoms with Crippen LogP contribution in [0, 0.1) is 4.91 Å². The predicted molar refractivity (Wildman–Crippen MR) is 120 cm³/mol. The van der Waals surface area contributed by atoms with Crippen LogP contribution in [0.4, 0.5) is 0 Å². The molecule has 0 saturated carbocycles. The Balaban J connectivity index is 1.96. The molecule has 1 saturated heterocycles. The predicted octanol–water partition coefficient (Wildman–Crippen LogP) is 4.65. The molecule has 0 N–H and O–H groups in total. The molecule has 5 heteroatoms. The highest BCUT2D eigenvalue weighted by Crippen LogP contribution is 2.44. The number of morpholine rings is 1. The summed E-state index contributed by atoms with van der Waals surface area (Å²) in [5.41, 5.74) is 3.07. The zero-order chi connectivity index (χ0) is 20.1. The first kappa shape index (κ1) is 19.9. The van der Waals surface area contributed by atoms with Crippen LogP contribution in [0.3, 0.4) is 0 Å². The van der Waals surface area contributed by atoms with Crippen molar-refractivity contribution in [2.45, 2.75) is 17.5 Å². The largest absolute Gasteiger partial charge is 0.366 e. The molecular formula is C24H25N2O2P. The maximum Gasteiger partial charge on any atom is 0.109 e. The summed E-state index contributed by atoms with van der Waals surface area (Å²) in [5.74, 6) is -0.0778. The Hall–Kier alpha value is -2.39. The summed E-state index contributed by atoms with van der Waals surface area (Å²) < 4.78 is 5.99. The van der Waals surface area contributed by atoms with Crippen molar-refractivity contribution in [1.82, 2.24) is 4.90 Å². The van der Waals surface area contributed by atoms with Gasteiger partial charge in [0.15, 0.2) is 0 Å². The lowest BCUT2D eigenvalue weighted by molar-refractivity contribution is -0.0650. The lowest BCUT2D eigenvalue weighted by Gasteiger charge is -2.50. The highest BCUT2D eigenvalue weighted by molar-refractivity contribution is 7.17. The molecule has 1 aliphatic rings. The van der Waals surface area contributed by atoms with Crippen molar-refractivity contribution in [2.75, 3.05) is 19.6 Å². The quantitative estimate of drug-likeness (QED) is 0.341. The van der Waals surface area contributed by atoms with Gasteiger partial charge in [0.1, 0.15) is 6.54 Å². The zero-order valence-corrected chi connectivity index (χ0v) is 17.4. The molecule has 0 aliphatic carbocycles. The lowest BCUT2D eigenvalue weighted by atomic mass is 9.75. The van der Waals surface area contributed by atoms with E-state index >= 15 is 0 Å². The molecule has 3 aromatic carbocycles. The number of rotatable bonds is 6. The fourth-order valence-electron chi connectivity index (χ4n) is 4.41. The molecule has 0 amide bonds. The molecular weight excluding hydrogens is 379 g/mol. The highest BCUT2D eigenvalue weighted by Gasteiger charge is 2.45. The van der Waals surface area contributed by atoms with Gasteiger partial charge in [-0.15, -0.1) is 9.24 Å². The first-order chi connectivity index (χ1) is 14.2. The summed E-state index contributed by atoms with van der Waals surface area (Å²) >= 11 is 0. The molecule has 148 valence electrons. The minimum atomic E-state index is -0.497. The first-order valence-corrected chi connectivity index (χ1v) is 10.5. The molecule has 0 bridgehead atoms. The van der Waals surface area contributed by atoms with E-state index in [-0.39, 0.29) is 18.5 Å². The first-order valence-electron chi connectivity index (χ1n) is 9.87. The van der Waals surface area contributed by atoms with Crippen LogP contribution in [0.2, 0.25) is 0 Å². The Morgan fingerprint density at radius 1 is 0.828 bits per heavy atom. The second-order valence-electron chi connectivity index (χ2n) is 7.32. The second kappa shape index (κ2) is 8.96. The van der Waals surface area contributed by atoms with E-state index < -0.39 is 5.54 Å². The fourth-order valence-corrected chi connectivity index (χ4v) is 4.89.